The largest absolute Gasteiger partial charge is 0.378 e. The summed E-state index contributed by atoms with van der Waals surface area (Å²) in [6.45, 7) is 5.79. The minimum atomic E-state index is 0.649. The van der Waals surface area contributed by atoms with E-state index in [9.17, 15) is 0 Å². The molecule has 0 radical (unpaired) electrons. The first-order valence-electron chi connectivity index (χ1n) is 8.63. The second-order valence-electron chi connectivity index (χ2n) is 6.08. The molecule has 0 saturated carbocycles. The maximum atomic E-state index is 5.39. The summed E-state index contributed by atoms with van der Waals surface area (Å²) in [5.41, 5.74) is 1.08. The smallest absolute Gasteiger partial charge is 0.137 e. The Morgan fingerprint density at radius 3 is 2.69 bits per heavy atom. The van der Waals surface area contributed by atoms with E-state index in [0.717, 1.165) is 55.1 Å². The van der Waals surface area contributed by atoms with Gasteiger partial charge in [-0.05, 0) is 18.6 Å². The SMILES string of the molecule is Cc1nccn1-c1ccc(CNc2cc(N3CCOCC3)ncn2)cn1. The molecule has 3 aromatic rings. The predicted octanol–water partition coefficient (Wildman–Crippen LogP) is 1.81. The van der Waals surface area contributed by atoms with Crippen molar-refractivity contribution in [3.63, 3.8) is 0 Å². The van der Waals surface area contributed by atoms with Crippen molar-refractivity contribution < 1.29 is 4.74 Å². The number of nitrogens with one attached hydrogen (secondary N) is 1. The molecular formula is C18H21N7O. The van der Waals surface area contributed by atoms with Crippen LogP contribution in [0.25, 0.3) is 5.82 Å². The summed E-state index contributed by atoms with van der Waals surface area (Å²) < 4.78 is 7.34. The molecule has 0 bridgehead atoms. The Bertz CT molecular complexity index is 856. The van der Waals surface area contributed by atoms with Crippen molar-refractivity contribution in [3.8, 4) is 5.82 Å². The Kier molecular flexibility index (Phi) is 4.74. The first kappa shape index (κ1) is 16.5. The van der Waals surface area contributed by atoms with Crippen molar-refractivity contribution in [2.45, 2.75) is 13.5 Å². The Morgan fingerprint density at radius 1 is 1.08 bits per heavy atom. The minimum Gasteiger partial charge on any atom is -0.378 e. The number of hydrogen-bond donors (Lipinski definition) is 1. The van der Waals surface area contributed by atoms with Crippen molar-refractivity contribution in [1.82, 2.24) is 24.5 Å². The Hall–Kier alpha value is -3.00. The highest BCUT2D eigenvalue weighted by atomic mass is 16.5. The summed E-state index contributed by atoms with van der Waals surface area (Å²) in [4.78, 5) is 19.6. The van der Waals surface area contributed by atoms with E-state index >= 15 is 0 Å². The quantitative estimate of drug-likeness (QED) is 0.751. The Balaban J connectivity index is 1.40. The van der Waals surface area contributed by atoms with Crippen molar-refractivity contribution in [3.05, 3.63) is 54.5 Å². The number of imidazole rings is 1. The number of hydrogen-bond acceptors (Lipinski definition) is 7. The first-order chi connectivity index (χ1) is 12.8. The molecule has 4 heterocycles. The second kappa shape index (κ2) is 7.49. The van der Waals surface area contributed by atoms with Crippen LogP contribution in [-0.4, -0.2) is 50.8 Å². The van der Waals surface area contributed by atoms with E-state index in [1.54, 1.807) is 12.5 Å². The van der Waals surface area contributed by atoms with Gasteiger partial charge >= 0.3 is 0 Å². The molecule has 1 aliphatic heterocycles. The summed E-state index contributed by atoms with van der Waals surface area (Å²) in [6, 6.07) is 6.02. The van der Waals surface area contributed by atoms with Crippen LogP contribution in [0.4, 0.5) is 11.6 Å². The number of aromatic nitrogens is 5. The molecule has 4 rings (SSSR count). The lowest BCUT2D eigenvalue weighted by Gasteiger charge is -2.27. The molecule has 1 fully saturated rings. The Labute approximate surface area is 151 Å². The van der Waals surface area contributed by atoms with Gasteiger partial charge in [0, 0.05) is 44.3 Å². The molecular weight excluding hydrogens is 330 g/mol. The third-order valence-electron chi connectivity index (χ3n) is 4.34. The molecule has 26 heavy (non-hydrogen) atoms. The molecule has 0 aromatic carbocycles. The van der Waals surface area contributed by atoms with E-state index in [-0.39, 0.29) is 0 Å². The number of morpholine rings is 1. The van der Waals surface area contributed by atoms with Crippen LogP contribution in [0, 0.1) is 6.92 Å². The van der Waals surface area contributed by atoms with Gasteiger partial charge in [0.1, 0.15) is 29.6 Å². The average Bonchev–Trinajstić information content (AvgIpc) is 3.14. The van der Waals surface area contributed by atoms with Gasteiger partial charge in [-0.25, -0.2) is 19.9 Å². The Morgan fingerprint density at radius 2 is 1.96 bits per heavy atom. The highest BCUT2D eigenvalue weighted by molar-refractivity contribution is 5.49. The van der Waals surface area contributed by atoms with Gasteiger partial charge < -0.3 is 15.0 Å². The molecule has 8 heteroatoms. The molecule has 1 aliphatic rings. The van der Waals surface area contributed by atoms with Gasteiger partial charge in [-0.15, -0.1) is 0 Å². The molecule has 0 unspecified atom stereocenters. The van der Waals surface area contributed by atoms with Crippen molar-refractivity contribution in [2.24, 2.45) is 0 Å². The summed E-state index contributed by atoms with van der Waals surface area (Å²) in [6.07, 6.45) is 7.14. The van der Waals surface area contributed by atoms with E-state index in [0.29, 0.717) is 6.54 Å². The molecule has 0 atom stereocenters. The van der Waals surface area contributed by atoms with Crippen LogP contribution in [-0.2, 0) is 11.3 Å². The first-order valence-corrected chi connectivity index (χ1v) is 8.63. The maximum absolute atomic E-state index is 5.39. The van der Waals surface area contributed by atoms with Crippen LogP contribution in [0.2, 0.25) is 0 Å². The fourth-order valence-corrected chi connectivity index (χ4v) is 2.89. The van der Waals surface area contributed by atoms with E-state index in [1.165, 1.54) is 0 Å². The van der Waals surface area contributed by atoms with Crippen molar-refractivity contribution >= 4 is 11.6 Å². The standard InChI is InChI=1S/C18H21N7O/c1-14-19-4-5-25(14)17-3-2-15(12-21-17)11-20-16-10-18(23-13-22-16)24-6-8-26-9-7-24/h2-5,10,12-13H,6-9,11H2,1H3,(H,20,22,23). The van der Waals surface area contributed by atoms with Crippen LogP contribution < -0.4 is 10.2 Å². The summed E-state index contributed by atoms with van der Waals surface area (Å²) >= 11 is 0. The third-order valence-corrected chi connectivity index (χ3v) is 4.34. The number of ether oxygens (including phenoxy) is 1. The molecule has 8 nitrogen and oxygen atoms in total. The fraction of sp³-hybridized carbons (Fsp3) is 0.333. The molecule has 3 aromatic heterocycles. The normalized spacial score (nSPS) is 14.4. The average molecular weight is 351 g/mol. The van der Waals surface area contributed by atoms with E-state index in [4.69, 9.17) is 4.74 Å². The van der Waals surface area contributed by atoms with Crippen LogP contribution in [0.5, 0.6) is 0 Å². The van der Waals surface area contributed by atoms with E-state index < -0.39 is 0 Å². The fourth-order valence-electron chi connectivity index (χ4n) is 2.89. The van der Waals surface area contributed by atoms with Crippen molar-refractivity contribution in [2.75, 3.05) is 36.5 Å². The lowest BCUT2D eigenvalue weighted by atomic mass is 10.3. The number of aryl methyl sites for hydroxylation is 1. The summed E-state index contributed by atoms with van der Waals surface area (Å²) in [5, 5.41) is 3.34. The topological polar surface area (TPSA) is 81.0 Å². The van der Waals surface area contributed by atoms with Gasteiger partial charge in [-0.3, -0.25) is 4.57 Å². The van der Waals surface area contributed by atoms with Gasteiger partial charge in [-0.2, -0.15) is 0 Å². The number of nitrogens with zero attached hydrogens (tertiary/aromatic N) is 6. The predicted molar refractivity (Wildman–Crippen MR) is 98.5 cm³/mol. The number of rotatable bonds is 5. The second-order valence-corrected chi connectivity index (χ2v) is 6.08. The molecule has 0 aliphatic carbocycles. The highest BCUT2D eigenvalue weighted by Gasteiger charge is 2.13. The monoisotopic (exact) mass is 351 g/mol. The third kappa shape index (κ3) is 3.65. The van der Waals surface area contributed by atoms with Crippen LogP contribution in [0.1, 0.15) is 11.4 Å². The highest BCUT2D eigenvalue weighted by Crippen LogP contribution is 2.16. The van der Waals surface area contributed by atoms with Gasteiger partial charge in [0.05, 0.1) is 13.2 Å². The number of pyridine rings is 1. The number of anilines is 2. The zero-order valence-electron chi connectivity index (χ0n) is 14.7. The zero-order chi connectivity index (χ0) is 17.8. The van der Waals surface area contributed by atoms with E-state index in [2.05, 4.69) is 36.2 Å². The summed E-state index contributed by atoms with van der Waals surface area (Å²) in [5.74, 6) is 3.51. The lowest BCUT2D eigenvalue weighted by Crippen LogP contribution is -2.36. The molecule has 0 amide bonds. The van der Waals surface area contributed by atoms with Gasteiger partial charge in [0.2, 0.25) is 0 Å². The summed E-state index contributed by atoms with van der Waals surface area (Å²) in [7, 11) is 0. The van der Waals surface area contributed by atoms with Crippen LogP contribution in [0.3, 0.4) is 0 Å². The molecule has 134 valence electrons. The van der Waals surface area contributed by atoms with Gasteiger partial charge in [0.15, 0.2) is 0 Å². The lowest BCUT2D eigenvalue weighted by molar-refractivity contribution is 0.122. The van der Waals surface area contributed by atoms with Gasteiger partial charge in [0.25, 0.3) is 0 Å². The maximum Gasteiger partial charge on any atom is 0.137 e. The van der Waals surface area contributed by atoms with Crippen LogP contribution >= 0.6 is 0 Å². The molecule has 0 spiro atoms. The van der Waals surface area contributed by atoms with Gasteiger partial charge in [-0.1, -0.05) is 6.07 Å². The molecule has 1 N–H and O–H groups in total. The minimum absolute atomic E-state index is 0.649. The molecule has 1 saturated heterocycles. The van der Waals surface area contributed by atoms with Crippen molar-refractivity contribution in [1.29, 1.82) is 0 Å². The van der Waals surface area contributed by atoms with Crippen LogP contribution in [0.15, 0.2) is 43.1 Å². The zero-order valence-corrected chi connectivity index (χ0v) is 14.7. The van der Waals surface area contributed by atoms with E-state index in [1.807, 2.05) is 36.0 Å².